The monoisotopic (exact) mass is 370 g/mol. The molecule has 0 radical (unpaired) electrons. The van der Waals surface area contributed by atoms with Crippen molar-refractivity contribution in [2.24, 2.45) is 5.10 Å². The van der Waals surface area contributed by atoms with Gasteiger partial charge in [-0.25, -0.2) is 0 Å². The van der Waals surface area contributed by atoms with E-state index < -0.39 is 4.92 Å². The van der Waals surface area contributed by atoms with E-state index in [-0.39, 0.29) is 5.69 Å². The first-order valence-corrected chi connectivity index (χ1v) is 7.96. The number of nitrogens with one attached hydrogen (secondary N) is 2. The van der Waals surface area contributed by atoms with Crippen LogP contribution in [0.2, 0.25) is 0 Å². The number of thiocarbonyl (C=S) groups is 1. The summed E-state index contributed by atoms with van der Waals surface area (Å²) in [5, 5.41) is 18.0. The first kappa shape index (κ1) is 17.4. The van der Waals surface area contributed by atoms with E-state index in [1.54, 1.807) is 36.6 Å². The molecular weight excluding hydrogens is 356 g/mol. The molecule has 0 aliphatic carbocycles. The number of benzene rings is 1. The molecular formula is C17H14N4O4S. The van der Waals surface area contributed by atoms with Gasteiger partial charge in [0.2, 0.25) is 0 Å². The van der Waals surface area contributed by atoms with Crippen LogP contribution in [0.3, 0.4) is 0 Å². The smallest absolute Gasteiger partial charge is 0.269 e. The van der Waals surface area contributed by atoms with Crippen molar-refractivity contribution in [2.45, 2.75) is 6.54 Å². The van der Waals surface area contributed by atoms with Crippen molar-refractivity contribution in [3.8, 4) is 11.3 Å². The number of nitrogens with zero attached hydrogens (tertiary/aromatic N) is 2. The molecule has 9 heteroatoms. The van der Waals surface area contributed by atoms with E-state index in [9.17, 15) is 10.1 Å². The summed E-state index contributed by atoms with van der Waals surface area (Å²) in [6.07, 6.45) is 3.07. The minimum absolute atomic E-state index is 0.0295. The Labute approximate surface area is 153 Å². The minimum Gasteiger partial charge on any atom is -0.467 e. The van der Waals surface area contributed by atoms with Crippen molar-refractivity contribution in [1.82, 2.24) is 10.7 Å². The summed E-state index contributed by atoms with van der Waals surface area (Å²) in [5.74, 6) is 1.86. The van der Waals surface area contributed by atoms with Crippen LogP contribution in [0.25, 0.3) is 11.3 Å². The molecule has 2 heterocycles. The van der Waals surface area contributed by atoms with Gasteiger partial charge in [0.05, 0.1) is 23.9 Å². The van der Waals surface area contributed by atoms with Gasteiger partial charge in [-0.3, -0.25) is 15.5 Å². The third kappa shape index (κ3) is 4.54. The highest BCUT2D eigenvalue weighted by Gasteiger charge is 2.08. The topological polar surface area (TPSA) is 106 Å². The van der Waals surface area contributed by atoms with Crippen LogP contribution >= 0.6 is 12.2 Å². The predicted molar refractivity (Wildman–Crippen MR) is 99.7 cm³/mol. The van der Waals surface area contributed by atoms with Gasteiger partial charge in [0.15, 0.2) is 5.11 Å². The number of non-ortho nitro benzene ring substituents is 1. The van der Waals surface area contributed by atoms with E-state index in [1.807, 2.05) is 6.07 Å². The van der Waals surface area contributed by atoms with Crippen LogP contribution in [0.5, 0.6) is 0 Å². The van der Waals surface area contributed by atoms with E-state index in [2.05, 4.69) is 15.8 Å². The van der Waals surface area contributed by atoms with Crippen LogP contribution in [0.1, 0.15) is 11.5 Å². The van der Waals surface area contributed by atoms with E-state index in [0.29, 0.717) is 23.2 Å². The number of hydrazone groups is 1. The zero-order valence-electron chi connectivity index (χ0n) is 13.4. The molecule has 0 aliphatic rings. The van der Waals surface area contributed by atoms with Crippen molar-refractivity contribution < 1.29 is 13.8 Å². The quantitative estimate of drug-likeness (QED) is 0.296. The average molecular weight is 370 g/mol. The van der Waals surface area contributed by atoms with Gasteiger partial charge in [-0.2, -0.15) is 5.10 Å². The van der Waals surface area contributed by atoms with Crippen LogP contribution in [0.15, 0.2) is 68.7 Å². The van der Waals surface area contributed by atoms with Gasteiger partial charge in [0, 0.05) is 17.7 Å². The van der Waals surface area contributed by atoms with Crippen LogP contribution in [0.4, 0.5) is 5.69 Å². The second kappa shape index (κ2) is 8.08. The summed E-state index contributed by atoms with van der Waals surface area (Å²) in [6.45, 7) is 0.458. The molecule has 0 bridgehead atoms. The first-order valence-electron chi connectivity index (χ1n) is 7.56. The molecule has 3 aromatic rings. The van der Waals surface area contributed by atoms with Crippen LogP contribution in [-0.2, 0) is 6.54 Å². The van der Waals surface area contributed by atoms with Crippen molar-refractivity contribution >= 4 is 29.2 Å². The van der Waals surface area contributed by atoms with E-state index in [4.69, 9.17) is 21.1 Å². The van der Waals surface area contributed by atoms with Gasteiger partial charge < -0.3 is 14.2 Å². The normalized spacial score (nSPS) is 10.8. The SMILES string of the molecule is O=[N+]([O-])c1ccc(-c2ccc(C=NNC(=S)NCc3ccco3)o2)cc1. The molecule has 0 saturated heterocycles. The maximum Gasteiger partial charge on any atom is 0.269 e. The Morgan fingerprint density at radius 1 is 1.23 bits per heavy atom. The standard InChI is InChI=1S/C17H14N4O4S/c22-21(23)13-5-3-12(4-6-13)16-8-7-15(25-16)11-19-20-17(26)18-10-14-2-1-9-24-14/h1-9,11H,10H2,(H2,18,20,26). The third-order valence-corrected chi connectivity index (χ3v) is 3.59. The fraction of sp³-hybridized carbons (Fsp3) is 0.0588. The summed E-state index contributed by atoms with van der Waals surface area (Å²) in [6, 6.07) is 13.2. The maximum absolute atomic E-state index is 10.7. The lowest BCUT2D eigenvalue weighted by molar-refractivity contribution is -0.384. The number of nitro benzene ring substituents is 1. The van der Waals surface area contributed by atoms with E-state index in [0.717, 1.165) is 11.3 Å². The summed E-state index contributed by atoms with van der Waals surface area (Å²) >= 11 is 5.09. The Morgan fingerprint density at radius 2 is 2.04 bits per heavy atom. The van der Waals surface area contributed by atoms with E-state index in [1.165, 1.54) is 18.3 Å². The zero-order valence-corrected chi connectivity index (χ0v) is 14.2. The van der Waals surface area contributed by atoms with Crippen LogP contribution < -0.4 is 10.7 Å². The molecule has 0 spiro atoms. The van der Waals surface area contributed by atoms with Gasteiger partial charge in [0.25, 0.3) is 5.69 Å². The molecule has 8 nitrogen and oxygen atoms in total. The second-order valence-electron chi connectivity index (χ2n) is 5.14. The van der Waals surface area contributed by atoms with Gasteiger partial charge >= 0.3 is 0 Å². The van der Waals surface area contributed by atoms with Gasteiger partial charge in [-0.1, -0.05) is 0 Å². The second-order valence-corrected chi connectivity index (χ2v) is 5.55. The molecule has 2 aromatic heterocycles. The lowest BCUT2D eigenvalue weighted by atomic mass is 10.1. The Morgan fingerprint density at radius 3 is 2.73 bits per heavy atom. The molecule has 0 atom stereocenters. The summed E-state index contributed by atoms with van der Waals surface area (Å²) in [7, 11) is 0. The molecule has 2 N–H and O–H groups in total. The molecule has 0 aliphatic heterocycles. The third-order valence-electron chi connectivity index (χ3n) is 3.35. The molecule has 0 unspecified atom stereocenters. The van der Waals surface area contributed by atoms with Crippen LogP contribution in [-0.4, -0.2) is 16.3 Å². The highest BCUT2D eigenvalue weighted by molar-refractivity contribution is 7.80. The number of hydrogen-bond donors (Lipinski definition) is 2. The molecule has 0 saturated carbocycles. The number of hydrogen-bond acceptors (Lipinski definition) is 6. The molecule has 132 valence electrons. The van der Waals surface area contributed by atoms with Crippen molar-refractivity contribution in [3.05, 3.63) is 76.4 Å². The molecule has 3 rings (SSSR count). The first-order chi connectivity index (χ1) is 12.6. The molecule has 0 amide bonds. The zero-order chi connectivity index (χ0) is 18.4. The highest BCUT2D eigenvalue weighted by atomic mass is 32.1. The lowest BCUT2D eigenvalue weighted by Crippen LogP contribution is -2.31. The van der Waals surface area contributed by atoms with Gasteiger partial charge in [0.1, 0.15) is 17.3 Å². The molecule has 1 aromatic carbocycles. The highest BCUT2D eigenvalue weighted by Crippen LogP contribution is 2.23. The Kier molecular flexibility index (Phi) is 5.40. The largest absolute Gasteiger partial charge is 0.467 e. The predicted octanol–water partition coefficient (Wildman–Crippen LogP) is 3.45. The summed E-state index contributed by atoms with van der Waals surface area (Å²) < 4.78 is 10.8. The van der Waals surface area contributed by atoms with Gasteiger partial charge in [-0.15, -0.1) is 0 Å². The number of nitro groups is 1. The molecule has 0 fully saturated rings. The fourth-order valence-corrected chi connectivity index (χ4v) is 2.22. The average Bonchev–Trinajstić information content (AvgIpc) is 3.32. The van der Waals surface area contributed by atoms with Gasteiger partial charge in [-0.05, 0) is 48.6 Å². The van der Waals surface area contributed by atoms with E-state index >= 15 is 0 Å². The number of furan rings is 2. The Bertz CT molecular complexity index is 917. The Hall–Kier alpha value is -3.46. The Balaban J connectivity index is 1.53. The fourth-order valence-electron chi connectivity index (χ4n) is 2.10. The minimum atomic E-state index is -0.446. The van der Waals surface area contributed by atoms with Crippen molar-refractivity contribution in [3.63, 3.8) is 0 Å². The van der Waals surface area contributed by atoms with Crippen LogP contribution in [0, 0.1) is 10.1 Å². The lowest BCUT2D eigenvalue weighted by Gasteiger charge is -2.04. The maximum atomic E-state index is 10.7. The molecule has 26 heavy (non-hydrogen) atoms. The van der Waals surface area contributed by atoms with Crippen molar-refractivity contribution in [1.29, 1.82) is 0 Å². The summed E-state index contributed by atoms with van der Waals surface area (Å²) in [5.41, 5.74) is 3.44. The van der Waals surface area contributed by atoms with Crippen molar-refractivity contribution in [2.75, 3.05) is 0 Å². The summed E-state index contributed by atoms with van der Waals surface area (Å²) in [4.78, 5) is 10.2. The number of rotatable bonds is 6.